The van der Waals surface area contributed by atoms with Crippen molar-refractivity contribution in [2.45, 2.75) is 58.5 Å². The summed E-state index contributed by atoms with van der Waals surface area (Å²) in [5.74, 6) is 0.918. The van der Waals surface area contributed by atoms with Crippen molar-refractivity contribution < 1.29 is 9.53 Å². The summed E-state index contributed by atoms with van der Waals surface area (Å²) in [7, 11) is 1.70. The summed E-state index contributed by atoms with van der Waals surface area (Å²) in [5, 5.41) is 0.720. The maximum atomic E-state index is 13.8. The molecule has 33 heavy (non-hydrogen) atoms. The van der Waals surface area contributed by atoms with Crippen LogP contribution in [0.15, 0.2) is 36.7 Å². The van der Waals surface area contributed by atoms with Crippen molar-refractivity contribution in [2.24, 2.45) is 0 Å². The molecule has 5 nitrogen and oxygen atoms in total. The Balaban J connectivity index is 1.73. The van der Waals surface area contributed by atoms with Gasteiger partial charge in [-0.25, -0.2) is 0 Å². The van der Waals surface area contributed by atoms with Gasteiger partial charge < -0.3 is 14.2 Å². The summed E-state index contributed by atoms with van der Waals surface area (Å²) in [6, 6.07) is 8.23. The number of aryl methyl sites for hydroxylation is 1. The lowest BCUT2D eigenvalue weighted by Crippen LogP contribution is -2.47. The normalized spacial score (nSPS) is 15.9. The number of benzene rings is 1. The molecule has 0 saturated heterocycles. The molecule has 2 aliphatic rings. The van der Waals surface area contributed by atoms with Gasteiger partial charge in [0.25, 0.3) is 5.91 Å². The molecule has 3 aromatic rings. The molecule has 1 aromatic carbocycles. The predicted molar refractivity (Wildman–Crippen MR) is 132 cm³/mol. The van der Waals surface area contributed by atoms with E-state index in [1.807, 2.05) is 23.2 Å². The van der Waals surface area contributed by atoms with Crippen molar-refractivity contribution >= 4 is 17.5 Å². The first-order chi connectivity index (χ1) is 15.8. The van der Waals surface area contributed by atoms with Crippen LogP contribution in [0.5, 0.6) is 5.75 Å². The van der Waals surface area contributed by atoms with Crippen molar-refractivity contribution in [2.75, 3.05) is 13.7 Å². The van der Waals surface area contributed by atoms with Crippen LogP contribution in [0, 0.1) is 0 Å². The van der Waals surface area contributed by atoms with Gasteiger partial charge in [-0.2, -0.15) is 0 Å². The lowest BCUT2D eigenvalue weighted by atomic mass is 9.93. The SMILES string of the molecule is COc1cc2c(cc1-c1cccnc1)-c1c(Cl)c3c(n1CC2)C(=O)N(C(C)(C)C)CCCC3. The molecule has 2 aliphatic heterocycles. The number of amides is 1. The van der Waals surface area contributed by atoms with E-state index in [9.17, 15) is 4.79 Å². The van der Waals surface area contributed by atoms with Gasteiger partial charge in [0.1, 0.15) is 11.4 Å². The fourth-order valence-corrected chi connectivity index (χ4v) is 5.63. The van der Waals surface area contributed by atoms with Crippen LogP contribution < -0.4 is 4.74 Å². The zero-order valence-corrected chi connectivity index (χ0v) is 20.5. The van der Waals surface area contributed by atoms with E-state index in [0.29, 0.717) is 0 Å². The Hall–Kier alpha value is -2.79. The maximum Gasteiger partial charge on any atom is 0.271 e. The monoisotopic (exact) mass is 463 g/mol. The Bertz CT molecular complexity index is 1220. The summed E-state index contributed by atoms with van der Waals surface area (Å²) in [5.41, 5.74) is 6.73. The lowest BCUT2D eigenvalue weighted by molar-refractivity contribution is 0.0558. The number of hydrogen-bond donors (Lipinski definition) is 0. The second-order valence-electron chi connectivity index (χ2n) is 9.93. The van der Waals surface area contributed by atoms with Gasteiger partial charge in [-0.15, -0.1) is 0 Å². The van der Waals surface area contributed by atoms with Gasteiger partial charge in [0.2, 0.25) is 0 Å². The van der Waals surface area contributed by atoms with Crippen LogP contribution in [0.3, 0.4) is 0 Å². The first-order valence-electron chi connectivity index (χ1n) is 11.7. The molecule has 172 valence electrons. The molecule has 1 amide bonds. The molecule has 6 heteroatoms. The minimum Gasteiger partial charge on any atom is -0.496 e. The molecule has 0 spiro atoms. The van der Waals surface area contributed by atoms with E-state index in [4.69, 9.17) is 16.3 Å². The number of carbonyl (C=O) groups is 1. The van der Waals surface area contributed by atoms with Crippen LogP contribution in [-0.2, 0) is 19.4 Å². The zero-order chi connectivity index (χ0) is 23.3. The molecule has 5 rings (SSSR count). The van der Waals surface area contributed by atoms with Gasteiger partial charge in [-0.05, 0) is 70.2 Å². The van der Waals surface area contributed by atoms with Crippen molar-refractivity contribution in [1.29, 1.82) is 0 Å². The number of pyridine rings is 1. The number of nitrogens with zero attached hydrogens (tertiary/aromatic N) is 3. The number of aromatic nitrogens is 2. The van der Waals surface area contributed by atoms with Crippen molar-refractivity contribution in [1.82, 2.24) is 14.5 Å². The quantitative estimate of drug-likeness (QED) is 0.467. The number of halogens is 1. The molecule has 0 saturated carbocycles. The highest BCUT2D eigenvalue weighted by Gasteiger charge is 2.36. The van der Waals surface area contributed by atoms with E-state index in [0.717, 1.165) is 83.2 Å². The first kappa shape index (κ1) is 22.0. The van der Waals surface area contributed by atoms with Crippen LogP contribution in [0.4, 0.5) is 0 Å². The van der Waals surface area contributed by atoms with Gasteiger partial charge >= 0.3 is 0 Å². The Morgan fingerprint density at radius 3 is 2.58 bits per heavy atom. The molecule has 4 heterocycles. The van der Waals surface area contributed by atoms with Gasteiger partial charge in [0.15, 0.2) is 0 Å². The largest absolute Gasteiger partial charge is 0.496 e. The van der Waals surface area contributed by atoms with Crippen molar-refractivity contribution in [3.63, 3.8) is 0 Å². The van der Waals surface area contributed by atoms with Crippen molar-refractivity contribution in [3.05, 3.63) is 58.5 Å². The van der Waals surface area contributed by atoms with Crippen LogP contribution in [0.25, 0.3) is 22.4 Å². The molecule has 0 radical (unpaired) electrons. The standard InChI is InChI=1S/C27H30ClN3O2/c1-27(2,3)31-12-6-5-9-19-23(28)24-21-15-20(18-8-7-11-29-16-18)22(33-4)14-17(21)10-13-30(24)25(19)26(31)32/h7-8,11,14-16H,5-6,9-10,12-13H2,1-4H3. The van der Waals surface area contributed by atoms with E-state index in [1.54, 1.807) is 13.3 Å². The Morgan fingerprint density at radius 2 is 1.88 bits per heavy atom. The molecule has 2 aromatic heterocycles. The molecule has 0 bridgehead atoms. The first-order valence-corrected chi connectivity index (χ1v) is 12.0. The predicted octanol–water partition coefficient (Wildman–Crippen LogP) is 6.01. The molecular formula is C27H30ClN3O2. The van der Waals surface area contributed by atoms with Crippen LogP contribution in [-0.4, -0.2) is 39.6 Å². The molecule has 0 aliphatic carbocycles. The highest BCUT2D eigenvalue weighted by molar-refractivity contribution is 6.35. The van der Waals surface area contributed by atoms with Gasteiger partial charge in [0.05, 0.1) is 17.8 Å². The van der Waals surface area contributed by atoms with E-state index in [2.05, 4.69) is 42.5 Å². The second kappa shape index (κ2) is 8.21. The summed E-state index contributed by atoms with van der Waals surface area (Å²) >= 11 is 7.08. The smallest absolute Gasteiger partial charge is 0.271 e. The maximum absolute atomic E-state index is 13.8. The topological polar surface area (TPSA) is 47.4 Å². The number of ether oxygens (including phenoxy) is 1. The summed E-state index contributed by atoms with van der Waals surface area (Å²) in [4.78, 5) is 20.1. The summed E-state index contributed by atoms with van der Waals surface area (Å²) < 4.78 is 7.91. The third kappa shape index (κ3) is 3.63. The summed E-state index contributed by atoms with van der Waals surface area (Å²) in [6.07, 6.45) is 7.27. The van der Waals surface area contributed by atoms with E-state index >= 15 is 0 Å². The third-order valence-corrected chi connectivity index (χ3v) is 7.28. The lowest BCUT2D eigenvalue weighted by Gasteiger charge is -2.37. The molecule has 0 unspecified atom stereocenters. The van der Waals surface area contributed by atoms with Gasteiger partial charge in [-0.1, -0.05) is 17.7 Å². The number of carbonyl (C=O) groups excluding carboxylic acids is 1. The van der Waals surface area contributed by atoms with Crippen LogP contribution in [0.1, 0.15) is 55.2 Å². The second-order valence-corrected chi connectivity index (χ2v) is 10.3. The molecule has 0 atom stereocenters. The number of rotatable bonds is 2. The highest BCUT2D eigenvalue weighted by Crippen LogP contribution is 2.45. The molecular weight excluding hydrogens is 434 g/mol. The fraction of sp³-hybridized carbons (Fsp3) is 0.407. The average molecular weight is 464 g/mol. The molecule has 0 N–H and O–H groups in total. The number of methoxy groups -OCH3 is 1. The minimum absolute atomic E-state index is 0.0924. The summed E-state index contributed by atoms with van der Waals surface area (Å²) in [6.45, 7) is 7.83. The number of fused-ring (bicyclic) bond motifs is 5. The van der Waals surface area contributed by atoms with Crippen molar-refractivity contribution in [3.8, 4) is 28.1 Å². The highest BCUT2D eigenvalue weighted by atomic mass is 35.5. The van der Waals surface area contributed by atoms with E-state index < -0.39 is 0 Å². The average Bonchev–Trinajstić information content (AvgIpc) is 3.07. The van der Waals surface area contributed by atoms with Crippen LogP contribution >= 0.6 is 11.6 Å². The minimum atomic E-state index is -0.240. The Labute approximate surface area is 200 Å². The Morgan fingerprint density at radius 1 is 1.06 bits per heavy atom. The number of hydrogen-bond acceptors (Lipinski definition) is 3. The van der Waals surface area contributed by atoms with E-state index in [1.165, 1.54) is 5.56 Å². The fourth-order valence-electron chi connectivity index (χ4n) is 5.24. The van der Waals surface area contributed by atoms with Gasteiger partial charge in [0, 0.05) is 53.3 Å². The third-order valence-electron chi connectivity index (χ3n) is 6.87. The van der Waals surface area contributed by atoms with Gasteiger partial charge in [-0.3, -0.25) is 9.78 Å². The van der Waals surface area contributed by atoms with Crippen LogP contribution in [0.2, 0.25) is 5.02 Å². The van der Waals surface area contributed by atoms with E-state index in [-0.39, 0.29) is 11.4 Å². The zero-order valence-electron chi connectivity index (χ0n) is 19.7. The molecule has 0 fully saturated rings. The Kier molecular flexibility index (Phi) is 5.48.